The molecule has 0 saturated heterocycles. The average molecular weight is 354 g/mol. The molecule has 0 radical (unpaired) electrons. The van der Waals surface area contributed by atoms with Gasteiger partial charge in [0.15, 0.2) is 5.78 Å². The van der Waals surface area contributed by atoms with E-state index in [0.29, 0.717) is 11.1 Å². The fourth-order valence-electron chi connectivity index (χ4n) is 3.56. The van der Waals surface area contributed by atoms with E-state index in [1.165, 1.54) is 50.7 Å². The van der Waals surface area contributed by atoms with Crippen molar-refractivity contribution < 1.29 is 9.59 Å². The third-order valence-electron chi connectivity index (χ3n) is 5.48. The fourth-order valence-corrected chi connectivity index (χ4v) is 3.56. The van der Waals surface area contributed by atoms with Crippen LogP contribution in [0.15, 0.2) is 48.1 Å². The van der Waals surface area contributed by atoms with Gasteiger partial charge in [-0.2, -0.15) is 0 Å². The first-order valence-electron chi connectivity index (χ1n) is 9.67. The molecular weight excluding hydrogens is 322 g/mol. The van der Waals surface area contributed by atoms with Crippen molar-refractivity contribution in [1.82, 2.24) is 0 Å². The normalized spacial score (nSPS) is 20.5. The minimum atomic E-state index is -0.210. The lowest BCUT2D eigenvalue weighted by atomic mass is 9.78. The summed E-state index contributed by atoms with van der Waals surface area (Å²) in [4.78, 5) is 23.4. The molecule has 2 rings (SSSR count). The summed E-state index contributed by atoms with van der Waals surface area (Å²) in [5.41, 5.74) is 2.92. The summed E-state index contributed by atoms with van der Waals surface area (Å²) in [7, 11) is 0. The van der Waals surface area contributed by atoms with Crippen molar-refractivity contribution in [2.75, 3.05) is 5.32 Å². The number of amides is 1. The van der Waals surface area contributed by atoms with Gasteiger partial charge in [0.25, 0.3) is 5.91 Å². The van der Waals surface area contributed by atoms with Crippen molar-refractivity contribution in [2.45, 2.75) is 59.3 Å². The average Bonchev–Trinajstić information content (AvgIpc) is 2.63. The van der Waals surface area contributed by atoms with Gasteiger partial charge in [-0.25, -0.2) is 0 Å². The monoisotopic (exact) mass is 353 g/mol. The lowest BCUT2D eigenvalue weighted by Gasteiger charge is -2.27. The van der Waals surface area contributed by atoms with Crippen LogP contribution in [0.4, 0.5) is 5.69 Å². The summed E-state index contributed by atoms with van der Waals surface area (Å²) in [5.74, 6) is 1.38. The smallest absolute Gasteiger partial charge is 0.251 e. The van der Waals surface area contributed by atoms with Gasteiger partial charge in [-0.05, 0) is 68.7 Å². The van der Waals surface area contributed by atoms with Crippen molar-refractivity contribution in [2.24, 2.45) is 11.8 Å². The van der Waals surface area contributed by atoms with Gasteiger partial charge in [0.05, 0.1) is 0 Å². The highest BCUT2D eigenvalue weighted by Gasteiger charge is 2.20. The van der Waals surface area contributed by atoms with Crippen molar-refractivity contribution in [3.63, 3.8) is 0 Å². The van der Waals surface area contributed by atoms with Gasteiger partial charge < -0.3 is 5.32 Å². The first-order valence-corrected chi connectivity index (χ1v) is 9.67. The second-order valence-electron chi connectivity index (χ2n) is 7.56. The van der Waals surface area contributed by atoms with E-state index >= 15 is 0 Å². The molecule has 3 heteroatoms. The maximum Gasteiger partial charge on any atom is 0.251 e. The van der Waals surface area contributed by atoms with Gasteiger partial charge in [-0.15, -0.1) is 0 Å². The summed E-state index contributed by atoms with van der Waals surface area (Å²) in [6.07, 6.45) is 9.37. The first-order chi connectivity index (χ1) is 12.4. The van der Waals surface area contributed by atoms with Crippen LogP contribution < -0.4 is 5.32 Å². The van der Waals surface area contributed by atoms with Crippen LogP contribution in [0.1, 0.15) is 58.4 Å². The molecule has 0 aliphatic heterocycles. The second kappa shape index (κ2) is 9.51. The molecule has 1 aromatic carbocycles. The molecule has 1 aromatic rings. The highest BCUT2D eigenvalue weighted by Crippen LogP contribution is 2.32. The number of carbonyl (C=O) groups excluding carboxylic acids is 2. The molecular formula is C23H31NO2. The van der Waals surface area contributed by atoms with E-state index in [-0.39, 0.29) is 11.7 Å². The molecule has 0 aromatic heterocycles. The fraction of sp³-hybridized carbons (Fsp3) is 0.478. The number of benzene rings is 1. The summed E-state index contributed by atoms with van der Waals surface area (Å²) < 4.78 is 0. The Morgan fingerprint density at radius 2 is 1.65 bits per heavy atom. The molecule has 1 N–H and O–H groups in total. The Hall–Kier alpha value is -2.16. The molecule has 1 aliphatic carbocycles. The van der Waals surface area contributed by atoms with Crippen LogP contribution in [0.5, 0.6) is 0 Å². The summed E-state index contributed by atoms with van der Waals surface area (Å²) in [5, 5.41) is 2.87. The molecule has 26 heavy (non-hydrogen) atoms. The molecule has 3 nitrogen and oxygen atoms in total. The molecule has 1 amide bonds. The zero-order chi connectivity index (χ0) is 19.1. The third-order valence-corrected chi connectivity index (χ3v) is 5.48. The molecule has 0 bridgehead atoms. The lowest BCUT2D eigenvalue weighted by molar-refractivity contribution is -0.113. The van der Waals surface area contributed by atoms with E-state index in [4.69, 9.17) is 0 Å². The number of hydrogen-bond donors (Lipinski definition) is 1. The van der Waals surface area contributed by atoms with E-state index < -0.39 is 0 Å². The van der Waals surface area contributed by atoms with E-state index in [1.807, 2.05) is 12.1 Å². The number of hydrogen-bond acceptors (Lipinski definition) is 2. The number of nitrogens with one attached hydrogen (secondary N) is 1. The second-order valence-corrected chi connectivity index (χ2v) is 7.56. The maximum absolute atomic E-state index is 12.2. The van der Waals surface area contributed by atoms with Crippen molar-refractivity contribution >= 4 is 17.4 Å². The van der Waals surface area contributed by atoms with Crippen molar-refractivity contribution in [1.29, 1.82) is 0 Å². The highest BCUT2D eigenvalue weighted by molar-refractivity contribution is 6.05. The molecule has 1 aliphatic rings. The molecule has 0 atom stereocenters. The summed E-state index contributed by atoms with van der Waals surface area (Å²) in [6.45, 7) is 9.08. The van der Waals surface area contributed by atoms with Crippen LogP contribution in [0.25, 0.3) is 0 Å². The number of allylic oxidation sites excluding steroid dienone is 2. The predicted molar refractivity (Wildman–Crippen MR) is 108 cm³/mol. The van der Waals surface area contributed by atoms with Crippen molar-refractivity contribution in [3.8, 4) is 0 Å². The number of Topliss-reactive ketones (excluding diaryl/α,β-unsaturated/α-hetero) is 1. The van der Waals surface area contributed by atoms with E-state index in [0.717, 1.165) is 23.9 Å². The topological polar surface area (TPSA) is 46.2 Å². The largest absolute Gasteiger partial charge is 0.322 e. The number of ketones is 1. The Morgan fingerprint density at radius 3 is 2.19 bits per heavy atom. The first kappa shape index (κ1) is 20.2. The molecule has 140 valence electrons. The number of rotatable bonds is 7. The van der Waals surface area contributed by atoms with Crippen LogP contribution in [0, 0.1) is 11.8 Å². The molecule has 1 saturated carbocycles. The van der Waals surface area contributed by atoms with Crippen LogP contribution in [-0.4, -0.2) is 11.7 Å². The van der Waals surface area contributed by atoms with Gasteiger partial charge in [-0.3, -0.25) is 9.59 Å². The highest BCUT2D eigenvalue weighted by atomic mass is 16.1. The van der Waals surface area contributed by atoms with Gasteiger partial charge in [-0.1, -0.05) is 44.9 Å². The molecule has 0 spiro atoms. The quantitative estimate of drug-likeness (QED) is 0.521. The van der Waals surface area contributed by atoms with Crippen LogP contribution in [0.3, 0.4) is 0 Å². The minimum absolute atomic E-state index is 0.130. The zero-order valence-electron chi connectivity index (χ0n) is 16.3. The van der Waals surface area contributed by atoms with E-state index in [1.54, 1.807) is 6.92 Å². The third kappa shape index (κ3) is 5.98. The molecule has 1 fully saturated rings. The SMILES string of the molecule is C=C(/C=C(\C)C(=O)Nc1ccc(CC2CCC(CC)CC2)cc1)C(C)=O. The Labute approximate surface area is 157 Å². The Morgan fingerprint density at radius 1 is 1.08 bits per heavy atom. The number of anilines is 1. The Balaban J connectivity index is 1.88. The number of carbonyl (C=O) groups is 2. The summed E-state index contributed by atoms with van der Waals surface area (Å²) >= 11 is 0. The summed E-state index contributed by atoms with van der Waals surface area (Å²) in [6, 6.07) is 8.13. The zero-order valence-corrected chi connectivity index (χ0v) is 16.3. The van der Waals surface area contributed by atoms with Gasteiger partial charge in [0.2, 0.25) is 0 Å². The van der Waals surface area contributed by atoms with Crippen LogP contribution in [0.2, 0.25) is 0 Å². The van der Waals surface area contributed by atoms with Gasteiger partial charge in [0.1, 0.15) is 0 Å². The van der Waals surface area contributed by atoms with E-state index in [9.17, 15) is 9.59 Å². The lowest BCUT2D eigenvalue weighted by Crippen LogP contribution is -2.16. The maximum atomic E-state index is 12.2. The molecule has 0 heterocycles. The van der Waals surface area contributed by atoms with Gasteiger partial charge in [0, 0.05) is 16.8 Å². The van der Waals surface area contributed by atoms with Crippen LogP contribution in [-0.2, 0) is 16.0 Å². The predicted octanol–water partition coefficient (Wildman–Crippen LogP) is 5.48. The Kier molecular flexibility index (Phi) is 7.38. The molecule has 0 unspecified atom stereocenters. The van der Waals surface area contributed by atoms with Crippen LogP contribution >= 0.6 is 0 Å². The van der Waals surface area contributed by atoms with Gasteiger partial charge >= 0.3 is 0 Å². The van der Waals surface area contributed by atoms with Crippen molar-refractivity contribution in [3.05, 3.63) is 53.6 Å². The minimum Gasteiger partial charge on any atom is -0.322 e. The standard InChI is InChI=1S/C23H31NO2/c1-5-19-6-8-20(9-7-19)15-21-10-12-22(13-11-21)24-23(26)17(3)14-16(2)18(4)25/h10-14,19-20H,2,5-9,15H2,1,3-4H3,(H,24,26)/b17-14+. The van der Waals surface area contributed by atoms with E-state index in [2.05, 4.69) is 31.0 Å². The Bertz CT molecular complexity index is 677.